The molecule has 1 aromatic rings. The molecule has 4 bridgehead atoms. The van der Waals surface area contributed by atoms with Gasteiger partial charge in [-0.25, -0.2) is 0 Å². The van der Waals surface area contributed by atoms with Crippen LogP contribution in [0.3, 0.4) is 0 Å². The van der Waals surface area contributed by atoms with E-state index in [0.717, 1.165) is 17.8 Å². The van der Waals surface area contributed by atoms with Crippen LogP contribution >= 0.6 is 0 Å². The van der Waals surface area contributed by atoms with Gasteiger partial charge in [0, 0.05) is 11.1 Å². The molecule has 0 aliphatic heterocycles. The average molecular weight is 244 g/mol. The van der Waals surface area contributed by atoms with E-state index < -0.39 is 0 Å². The lowest BCUT2D eigenvalue weighted by molar-refractivity contribution is -0.00722. The first-order chi connectivity index (χ1) is 8.64. The number of hydrogen-bond acceptors (Lipinski definition) is 1. The van der Waals surface area contributed by atoms with Crippen molar-refractivity contribution < 1.29 is 0 Å². The zero-order valence-corrected chi connectivity index (χ0v) is 11.6. The summed E-state index contributed by atoms with van der Waals surface area (Å²) in [5.74, 6) is 3.60. The molecule has 1 N–H and O–H groups in total. The Bertz CT molecular complexity index is 422. The lowest BCUT2D eigenvalue weighted by atomic mass is 9.49. The molecule has 4 aliphatic carbocycles. The van der Waals surface area contributed by atoms with Crippen molar-refractivity contribution in [1.29, 1.82) is 0 Å². The summed E-state index contributed by atoms with van der Waals surface area (Å²) in [4.78, 5) is 0. The molecular weight excluding hydrogens is 220 g/mol. The van der Waals surface area contributed by atoms with Gasteiger partial charge < -0.3 is 0 Å². The monoisotopic (exact) mass is 244 g/mol. The van der Waals surface area contributed by atoms with E-state index >= 15 is 0 Å². The van der Waals surface area contributed by atoms with E-state index in [1.807, 2.05) is 0 Å². The molecule has 2 nitrogen and oxygen atoms in total. The second kappa shape index (κ2) is 3.61. The van der Waals surface area contributed by atoms with Crippen LogP contribution in [0.15, 0.2) is 6.07 Å². The molecule has 4 saturated carbocycles. The van der Waals surface area contributed by atoms with Crippen LogP contribution in [0.4, 0.5) is 0 Å². The molecule has 4 aliphatic rings. The van der Waals surface area contributed by atoms with Crippen LogP contribution in [0.5, 0.6) is 0 Å². The van der Waals surface area contributed by atoms with Gasteiger partial charge in [0.1, 0.15) is 0 Å². The minimum Gasteiger partial charge on any atom is -0.282 e. The molecule has 18 heavy (non-hydrogen) atoms. The minimum absolute atomic E-state index is 0.457. The van der Waals surface area contributed by atoms with Crippen LogP contribution in [-0.4, -0.2) is 10.2 Å². The van der Waals surface area contributed by atoms with Crippen molar-refractivity contribution in [2.24, 2.45) is 17.8 Å². The number of nitrogens with zero attached hydrogens (tertiary/aromatic N) is 1. The molecule has 4 fully saturated rings. The van der Waals surface area contributed by atoms with Gasteiger partial charge in [-0.2, -0.15) is 5.10 Å². The molecule has 0 aromatic carbocycles. The zero-order chi connectivity index (χ0) is 12.3. The number of aromatic amines is 1. The summed E-state index contributed by atoms with van der Waals surface area (Å²) in [6.07, 6.45) is 8.80. The Morgan fingerprint density at radius 1 is 1.11 bits per heavy atom. The van der Waals surface area contributed by atoms with Crippen molar-refractivity contribution >= 4 is 0 Å². The fraction of sp³-hybridized carbons (Fsp3) is 0.812. The minimum atomic E-state index is 0.457. The lowest BCUT2D eigenvalue weighted by Gasteiger charge is -2.56. The molecule has 0 atom stereocenters. The van der Waals surface area contributed by atoms with E-state index in [2.05, 4.69) is 25.0 Å². The van der Waals surface area contributed by atoms with Crippen molar-refractivity contribution in [1.82, 2.24) is 10.2 Å². The first kappa shape index (κ1) is 11.1. The summed E-state index contributed by atoms with van der Waals surface area (Å²) in [6, 6.07) is 2.37. The van der Waals surface area contributed by atoms with Gasteiger partial charge in [0.25, 0.3) is 0 Å². The fourth-order valence-electron chi connectivity index (χ4n) is 5.33. The molecule has 0 amide bonds. The third-order valence-corrected chi connectivity index (χ3v) is 5.80. The Morgan fingerprint density at radius 3 is 2.11 bits per heavy atom. The van der Waals surface area contributed by atoms with E-state index in [1.54, 1.807) is 0 Å². The number of H-pyrrole nitrogens is 1. The van der Waals surface area contributed by atoms with E-state index in [-0.39, 0.29) is 0 Å². The maximum Gasteiger partial charge on any atom is 0.0687 e. The van der Waals surface area contributed by atoms with Gasteiger partial charge in [-0.3, -0.25) is 5.10 Å². The van der Waals surface area contributed by atoms with Crippen LogP contribution < -0.4 is 0 Å². The van der Waals surface area contributed by atoms with Crippen molar-refractivity contribution in [3.63, 3.8) is 0 Å². The van der Waals surface area contributed by atoms with E-state index in [4.69, 9.17) is 5.10 Å². The highest BCUT2D eigenvalue weighted by Gasteiger charge is 2.52. The fourth-order valence-corrected chi connectivity index (χ4v) is 5.33. The summed E-state index contributed by atoms with van der Waals surface area (Å²) < 4.78 is 0. The summed E-state index contributed by atoms with van der Waals surface area (Å²) >= 11 is 0. The molecule has 1 heterocycles. The number of hydrogen-bond donors (Lipinski definition) is 1. The Labute approximate surface area is 110 Å². The first-order valence-corrected chi connectivity index (χ1v) is 7.70. The molecule has 0 saturated heterocycles. The molecule has 1 aromatic heterocycles. The first-order valence-electron chi connectivity index (χ1n) is 7.70. The highest BCUT2D eigenvalue weighted by atomic mass is 15.1. The zero-order valence-electron chi connectivity index (χ0n) is 11.6. The summed E-state index contributed by atoms with van der Waals surface area (Å²) in [7, 11) is 0. The second-order valence-corrected chi connectivity index (χ2v) is 7.56. The third-order valence-electron chi connectivity index (χ3n) is 5.80. The van der Waals surface area contributed by atoms with E-state index in [9.17, 15) is 0 Å². The average Bonchev–Trinajstić information content (AvgIpc) is 2.76. The highest BCUT2D eigenvalue weighted by Crippen LogP contribution is 2.60. The van der Waals surface area contributed by atoms with Crippen molar-refractivity contribution in [3.8, 4) is 0 Å². The van der Waals surface area contributed by atoms with Crippen LogP contribution in [0.1, 0.15) is 69.7 Å². The van der Waals surface area contributed by atoms with Gasteiger partial charge in [0.2, 0.25) is 0 Å². The highest BCUT2D eigenvalue weighted by molar-refractivity contribution is 5.25. The van der Waals surface area contributed by atoms with E-state index in [0.29, 0.717) is 11.3 Å². The van der Waals surface area contributed by atoms with Gasteiger partial charge in [-0.1, -0.05) is 13.8 Å². The topological polar surface area (TPSA) is 28.7 Å². The second-order valence-electron chi connectivity index (χ2n) is 7.56. The molecule has 2 heteroatoms. The van der Waals surface area contributed by atoms with Crippen molar-refractivity contribution in [3.05, 3.63) is 17.5 Å². The predicted octanol–water partition coefficient (Wildman–Crippen LogP) is 4.00. The smallest absolute Gasteiger partial charge is 0.0687 e. The van der Waals surface area contributed by atoms with E-state index in [1.165, 1.54) is 49.9 Å². The summed E-state index contributed by atoms with van der Waals surface area (Å²) in [5.41, 5.74) is 3.17. The van der Waals surface area contributed by atoms with Gasteiger partial charge in [-0.05, 0) is 68.3 Å². The quantitative estimate of drug-likeness (QED) is 0.837. The Kier molecular flexibility index (Phi) is 2.22. The van der Waals surface area contributed by atoms with Crippen molar-refractivity contribution in [2.75, 3.05) is 0 Å². The van der Waals surface area contributed by atoms with Crippen molar-refractivity contribution in [2.45, 2.75) is 63.7 Å². The number of rotatable bonds is 2. The lowest BCUT2D eigenvalue weighted by Crippen LogP contribution is -2.48. The molecule has 0 spiro atoms. The standard InChI is InChI=1S/C16H24N2/c1-10(2)14-6-15(18-17-14)16-7-11-3-12(8-16)5-13(4-11)9-16/h6,10-13H,3-5,7-9H2,1-2H3,(H,17,18). The van der Waals surface area contributed by atoms with Crippen LogP contribution in [0, 0.1) is 17.8 Å². The molecule has 0 radical (unpaired) electrons. The van der Waals surface area contributed by atoms with Gasteiger partial charge >= 0.3 is 0 Å². The summed E-state index contributed by atoms with van der Waals surface area (Å²) in [5, 5.41) is 7.98. The SMILES string of the molecule is CC(C)c1cc(C23CC4CC(CC(C4)C2)C3)n[nH]1. The number of aromatic nitrogens is 2. The molecular formula is C16H24N2. The predicted molar refractivity (Wildman–Crippen MR) is 72.5 cm³/mol. The normalized spacial score (nSPS) is 41.8. The van der Waals surface area contributed by atoms with Crippen LogP contribution in [0.2, 0.25) is 0 Å². The van der Waals surface area contributed by atoms with Crippen LogP contribution in [-0.2, 0) is 5.41 Å². The Morgan fingerprint density at radius 2 is 1.67 bits per heavy atom. The maximum atomic E-state index is 4.70. The van der Waals surface area contributed by atoms with Gasteiger partial charge in [0.15, 0.2) is 0 Å². The Balaban J connectivity index is 1.70. The maximum absolute atomic E-state index is 4.70. The Hall–Kier alpha value is -0.790. The number of nitrogens with one attached hydrogen (secondary N) is 1. The summed E-state index contributed by atoms with van der Waals surface area (Å²) in [6.45, 7) is 4.49. The van der Waals surface area contributed by atoms with Gasteiger partial charge in [0.05, 0.1) is 5.69 Å². The molecule has 5 rings (SSSR count). The van der Waals surface area contributed by atoms with Crippen LogP contribution in [0.25, 0.3) is 0 Å². The molecule has 0 unspecified atom stereocenters. The largest absolute Gasteiger partial charge is 0.282 e. The molecule has 98 valence electrons. The van der Waals surface area contributed by atoms with Gasteiger partial charge in [-0.15, -0.1) is 0 Å². The third kappa shape index (κ3) is 1.50.